The molecule has 0 aliphatic rings. The molecule has 76 valence electrons. The summed E-state index contributed by atoms with van der Waals surface area (Å²) < 4.78 is 5.10. The van der Waals surface area contributed by atoms with E-state index in [9.17, 15) is 0 Å². The van der Waals surface area contributed by atoms with E-state index in [0.717, 1.165) is 11.3 Å². The smallest absolute Gasteiger partial charge is 0.213 e. The van der Waals surface area contributed by atoms with Crippen molar-refractivity contribution in [1.82, 2.24) is 0 Å². The summed E-state index contributed by atoms with van der Waals surface area (Å²) >= 11 is 1.80. The normalized spacial score (nSPS) is 9.86. The number of hydrogen-bond acceptors (Lipinski definition) is 3. The first kappa shape index (κ1) is 11.1. The Morgan fingerprint density at radius 3 is 2.43 bits per heavy atom. The first-order valence-corrected chi connectivity index (χ1v) is 5.71. The van der Waals surface area contributed by atoms with Crippen molar-refractivity contribution in [3.05, 3.63) is 29.8 Å². The predicted octanol–water partition coefficient (Wildman–Crippen LogP) is 3.16. The Kier molecular flexibility index (Phi) is 4.53. The van der Waals surface area contributed by atoms with E-state index < -0.39 is 0 Å². The van der Waals surface area contributed by atoms with Crippen LogP contribution in [0.1, 0.15) is 19.4 Å². The number of benzene rings is 1. The van der Waals surface area contributed by atoms with Crippen LogP contribution in [0.3, 0.4) is 0 Å². The number of rotatable bonds is 4. The predicted molar refractivity (Wildman–Crippen MR) is 61.3 cm³/mol. The molecule has 3 heteroatoms. The van der Waals surface area contributed by atoms with E-state index in [-0.39, 0.29) is 5.90 Å². The zero-order valence-corrected chi connectivity index (χ0v) is 9.36. The van der Waals surface area contributed by atoms with Crippen LogP contribution in [0, 0.1) is 5.41 Å². The molecule has 0 atom stereocenters. The molecule has 0 aliphatic heterocycles. The minimum absolute atomic E-state index is 0.251. The molecule has 1 rings (SSSR count). The highest BCUT2D eigenvalue weighted by atomic mass is 32.2. The van der Waals surface area contributed by atoms with Crippen molar-refractivity contribution < 1.29 is 4.74 Å². The first-order chi connectivity index (χ1) is 6.77. The van der Waals surface area contributed by atoms with Crippen molar-refractivity contribution in [2.24, 2.45) is 0 Å². The summed E-state index contributed by atoms with van der Waals surface area (Å²) in [6, 6.07) is 7.90. The van der Waals surface area contributed by atoms with Gasteiger partial charge in [-0.1, -0.05) is 6.92 Å². The lowest BCUT2D eigenvalue weighted by atomic mass is 10.2. The molecule has 1 aromatic rings. The third-order valence-corrected chi connectivity index (χ3v) is 2.61. The van der Waals surface area contributed by atoms with Crippen LogP contribution < -0.4 is 0 Å². The summed E-state index contributed by atoms with van der Waals surface area (Å²) in [5.41, 5.74) is 0.840. The van der Waals surface area contributed by atoms with Crippen molar-refractivity contribution in [3.8, 4) is 0 Å². The van der Waals surface area contributed by atoms with Crippen molar-refractivity contribution >= 4 is 17.7 Å². The van der Waals surface area contributed by atoms with E-state index in [1.807, 2.05) is 31.2 Å². The van der Waals surface area contributed by atoms with Gasteiger partial charge in [0.25, 0.3) is 0 Å². The lowest BCUT2D eigenvalue weighted by Gasteiger charge is -2.05. The minimum Gasteiger partial charge on any atom is -0.478 e. The van der Waals surface area contributed by atoms with Gasteiger partial charge >= 0.3 is 0 Å². The number of ether oxygens (including phenoxy) is 1. The maximum Gasteiger partial charge on any atom is 0.213 e. The van der Waals surface area contributed by atoms with Gasteiger partial charge in [0.1, 0.15) is 0 Å². The topological polar surface area (TPSA) is 33.1 Å². The average Bonchev–Trinajstić information content (AvgIpc) is 2.20. The summed E-state index contributed by atoms with van der Waals surface area (Å²) in [6.45, 7) is 4.56. The van der Waals surface area contributed by atoms with Crippen LogP contribution in [-0.4, -0.2) is 18.3 Å². The SMILES string of the molecule is CCOC(=N)c1ccc(SCC)cc1. The Bertz CT molecular complexity index is 295. The van der Waals surface area contributed by atoms with Crippen LogP contribution in [0.15, 0.2) is 29.2 Å². The quantitative estimate of drug-likeness (QED) is 0.469. The van der Waals surface area contributed by atoms with Gasteiger partial charge < -0.3 is 4.74 Å². The fourth-order valence-corrected chi connectivity index (χ4v) is 1.76. The Morgan fingerprint density at radius 1 is 1.29 bits per heavy atom. The fourth-order valence-electron chi connectivity index (χ4n) is 1.10. The van der Waals surface area contributed by atoms with E-state index >= 15 is 0 Å². The highest BCUT2D eigenvalue weighted by molar-refractivity contribution is 7.99. The van der Waals surface area contributed by atoms with Crippen molar-refractivity contribution in [1.29, 1.82) is 5.41 Å². The van der Waals surface area contributed by atoms with Gasteiger partial charge in [-0.15, -0.1) is 11.8 Å². The number of thioether (sulfide) groups is 1. The number of nitrogens with one attached hydrogen (secondary N) is 1. The second kappa shape index (κ2) is 5.70. The molecule has 0 amide bonds. The summed E-state index contributed by atoms with van der Waals surface area (Å²) in [4.78, 5) is 1.24. The molecule has 0 aliphatic carbocycles. The maximum atomic E-state index is 7.57. The Morgan fingerprint density at radius 2 is 1.93 bits per heavy atom. The van der Waals surface area contributed by atoms with E-state index in [4.69, 9.17) is 10.1 Å². The standard InChI is InChI=1S/C11H15NOS/c1-3-13-11(12)9-5-7-10(8-6-9)14-4-2/h5-8,12H,3-4H2,1-2H3. The second-order valence-corrected chi connectivity index (χ2v) is 4.06. The molecule has 0 spiro atoms. The highest BCUT2D eigenvalue weighted by Gasteiger charge is 2.00. The van der Waals surface area contributed by atoms with Gasteiger partial charge in [0.15, 0.2) is 0 Å². The van der Waals surface area contributed by atoms with Crippen LogP contribution in [0.2, 0.25) is 0 Å². The molecule has 1 N–H and O–H groups in total. The molecule has 1 aromatic carbocycles. The Balaban J connectivity index is 2.67. The van der Waals surface area contributed by atoms with Crippen molar-refractivity contribution in [3.63, 3.8) is 0 Å². The van der Waals surface area contributed by atoms with Gasteiger partial charge in [0.05, 0.1) is 6.61 Å². The monoisotopic (exact) mass is 209 g/mol. The van der Waals surface area contributed by atoms with Crippen LogP contribution in [0.25, 0.3) is 0 Å². The first-order valence-electron chi connectivity index (χ1n) is 4.72. The van der Waals surface area contributed by atoms with Crippen molar-refractivity contribution in [2.75, 3.05) is 12.4 Å². The molecule has 0 fully saturated rings. The molecule has 2 nitrogen and oxygen atoms in total. The highest BCUT2D eigenvalue weighted by Crippen LogP contribution is 2.17. The van der Waals surface area contributed by atoms with Crippen molar-refractivity contribution in [2.45, 2.75) is 18.7 Å². The van der Waals surface area contributed by atoms with Gasteiger partial charge in [0.2, 0.25) is 5.90 Å². The molecule has 0 radical (unpaired) electrons. The molecule has 0 saturated heterocycles. The van der Waals surface area contributed by atoms with Gasteiger partial charge in [-0.05, 0) is 36.9 Å². The van der Waals surface area contributed by atoms with Crippen LogP contribution in [-0.2, 0) is 4.74 Å². The van der Waals surface area contributed by atoms with Crippen LogP contribution in [0.4, 0.5) is 0 Å². The Labute approximate surface area is 89.2 Å². The average molecular weight is 209 g/mol. The van der Waals surface area contributed by atoms with Crippen LogP contribution in [0.5, 0.6) is 0 Å². The lowest BCUT2D eigenvalue weighted by Crippen LogP contribution is -2.03. The van der Waals surface area contributed by atoms with E-state index in [2.05, 4.69) is 6.92 Å². The lowest BCUT2D eigenvalue weighted by molar-refractivity contribution is 0.325. The van der Waals surface area contributed by atoms with E-state index in [1.165, 1.54) is 4.90 Å². The van der Waals surface area contributed by atoms with Gasteiger partial charge in [0, 0.05) is 10.5 Å². The van der Waals surface area contributed by atoms with E-state index in [0.29, 0.717) is 6.61 Å². The maximum absolute atomic E-state index is 7.57. The summed E-state index contributed by atoms with van der Waals surface area (Å²) in [5, 5.41) is 7.57. The third kappa shape index (κ3) is 3.07. The number of hydrogen-bond donors (Lipinski definition) is 1. The van der Waals surface area contributed by atoms with Gasteiger partial charge in [-0.2, -0.15) is 0 Å². The molecule has 0 unspecified atom stereocenters. The summed E-state index contributed by atoms with van der Waals surface area (Å²) in [6.07, 6.45) is 0. The van der Waals surface area contributed by atoms with Gasteiger partial charge in [-0.25, -0.2) is 0 Å². The zero-order chi connectivity index (χ0) is 10.4. The fraction of sp³-hybridized carbons (Fsp3) is 0.364. The third-order valence-electron chi connectivity index (χ3n) is 1.72. The molecule has 0 aromatic heterocycles. The minimum atomic E-state index is 0.251. The van der Waals surface area contributed by atoms with Gasteiger partial charge in [-0.3, -0.25) is 5.41 Å². The molecular weight excluding hydrogens is 194 g/mol. The largest absolute Gasteiger partial charge is 0.478 e. The molecule has 0 saturated carbocycles. The second-order valence-electron chi connectivity index (χ2n) is 2.72. The summed E-state index contributed by atoms with van der Waals surface area (Å²) in [7, 11) is 0. The summed E-state index contributed by atoms with van der Waals surface area (Å²) in [5.74, 6) is 1.32. The van der Waals surface area contributed by atoms with E-state index in [1.54, 1.807) is 11.8 Å². The molecule has 14 heavy (non-hydrogen) atoms. The molecule has 0 heterocycles. The van der Waals surface area contributed by atoms with Crippen LogP contribution >= 0.6 is 11.8 Å². The molecule has 0 bridgehead atoms. The molecular formula is C11H15NOS. The zero-order valence-electron chi connectivity index (χ0n) is 8.54. The Hall–Kier alpha value is -0.960.